The third-order valence-electron chi connectivity index (χ3n) is 2.61. The van der Waals surface area contributed by atoms with E-state index in [-0.39, 0.29) is 6.10 Å². The molecule has 0 aliphatic carbocycles. The Bertz CT molecular complexity index is 407. The van der Waals surface area contributed by atoms with Gasteiger partial charge < -0.3 is 15.2 Å². The summed E-state index contributed by atoms with van der Waals surface area (Å²) in [5.74, 6) is -0.261. The molecule has 5 nitrogen and oxygen atoms in total. The first-order chi connectivity index (χ1) is 9.04. The molecule has 0 bridgehead atoms. The molecule has 0 fully saturated rings. The third kappa shape index (κ3) is 5.26. The first-order valence-electron chi connectivity index (χ1n) is 6.61. The van der Waals surface area contributed by atoms with Crippen LogP contribution in [0.25, 0.3) is 0 Å². The molecule has 1 heterocycles. The summed E-state index contributed by atoms with van der Waals surface area (Å²) in [6.07, 6.45) is 3.14. The van der Waals surface area contributed by atoms with E-state index in [1.165, 1.54) is 0 Å². The van der Waals surface area contributed by atoms with E-state index in [1.54, 1.807) is 6.20 Å². The Hall–Kier alpha value is -1.62. The van der Waals surface area contributed by atoms with E-state index in [4.69, 9.17) is 9.84 Å². The largest absolute Gasteiger partial charge is 0.480 e. The van der Waals surface area contributed by atoms with Crippen LogP contribution in [0.4, 0.5) is 0 Å². The highest BCUT2D eigenvalue weighted by Gasteiger charge is 2.16. The van der Waals surface area contributed by atoms with E-state index in [0.29, 0.717) is 18.8 Å². The number of ether oxygens (including phenoxy) is 1. The van der Waals surface area contributed by atoms with Crippen LogP contribution in [-0.4, -0.2) is 28.2 Å². The Balaban J connectivity index is 2.68. The zero-order valence-electron chi connectivity index (χ0n) is 11.7. The molecule has 19 heavy (non-hydrogen) atoms. The minimum atomic E-state index is -0.822. The Morgan fingerprint density at radius 2 is 2.26 bits per heavy atom. The van der Waals surface area contributed by atoms with Gasteiger partial charge in [-0.15, -0.1) is 0 Å². The molecular formula is C14H22N2O3. The summed E-state index contributed by atoms with van der Waals surface area (Å²) < 4.78 is 5.60. The predicted octanol–water partition coefficient (Wildman–Crippen LogP) is 2.21. The number of carboxylic acid groups (broad SMARTS) is 1. The molecule has 0 amide bonds. The van der Waals surface area contributed by atoms with E-state index in [0.717, 1.165) is 12.0 Å². The van der Waals surface area contributed by atoms with Crippen molar-refractivity contribution in [1.29, 1.82) is 0 Å². The zero-order valence-corrected chi connectivity index (χ0v) is 11.7. The number of aromatic nitrogens is 1. The van der Waals surface area contributed by atoms with Gasteiger partial charge in [0.15, 0.2) is 0 Å². The number of carbonyl (C=O) groups is 1. The second-order valence-corrected chi connectivity index (χ2v) is 4.69. The lowest BCUT2D eigenvalue weighted by atomic mass is 10.1. The Labute approximate surface area is 114 Å². The van der Waals surface area contributed by atoms with Gasteiger partial charge in [0.05, 0.1) is 6.10 Å². The SMILES string of the molecule is CCCC(NCc1cccnc1OC(C)C)C(=O)O. The second kappa shape index (κ2) is 7.74. The maximum Gasteiger partial charge on any atom is 0.320 e. The highest BCUT2D eigenvalue weighted by Crippen LogP contribution is 2.16. The summed E-state index contributed by atoms with van der Waals surface area (Å²) in [5, 5.41) is 12.1. The fourth-order valence-electron chi connectivity index (χ4n) is 1.72. The molecule has 106 valence electrons. The monoisotopic (exact) mass is 266 g/mol. The van der Waals surface area contributed by atoms with Crippen LogP contribution in [-0.2, 0) is 11.3 Å². The molecule has 0 aliphatic rings. The van der Waals surface area contributed by atoms with Crippen molar-refractivity contribution in [3.63, 3.8) is 0 Å². The topological polar surface area (TPSA) is 71.5 Å². The first kappa shape index (κ1) is 15.4. The number of nitrogens with one attached hydrogen (secondary N) is 1. The maximum atomic E-state index is 11.1. The summed E-state index contributed by atoms with van der Waals surface area (Å²) in [5.41, 5.74) is 0.874. The van der Waals surface area contributed by atoms with Gasteiger partial charge in [0.2, 0.25) is 5.88 Å². The summed E-state index contributed by atoms with van der Waals surface area (Å²) in [6.45, 7) is 6.27. The van der Waals surface area contributed by atoms with Crippen molar-refractivity contribution in [3.8, 4) is 5.88 Å². The van der Waals surface area contributed by atoms with Crippen molar-refractivity contribution in [3.05, 3.63) is 23.9 Å². The molecule has 0 aliphatic heterocycles. The lowest BCUT2D eigenvalue weighted by molar-refractivity contribution is -0.139. The average Bonchev–Trinajstić information content (AvgIpc) is 2.35. The maximum absolute atomic E-state index is 11.1. The van der Waals surface area contributed by atoms with Gasteiger partial charge in [-0.3, -0.25) is 4.79 Å². The van der Waals surface area contributed by atoms with Crippen molar-refractivity contribution in [2.75, 3.05) is 0 Å². The number of nitrogens with zero attached hydrogens (tertiary/aromatic N) is 1. The van der Waals surface area contributed by atoms with Gasteiger partial charge in [0.1, 0.15) is 6.04 Å². The Morgan fingerprint density at radius 3 is 2.84 bits per heavy atom. The van der Waals surface area contributed by atoms with Crippen LogP contribution in [0.2, 0.25) is 0 Å². The summed E-state index contributed by atoms with van der Waals surface area (Å²) >= 11 is 0. The van der Waals surface area contributed by atoms with E-state index in [2.05, 4.69) is 10.3 Å². The minimum Gasteiger partial charge on any atom is -0.480 e. The van der Waals surface area contributed by atoms with Gasteiger partial charge in [-0.25, -0.2) is 4.98 Å². The van der Waals surface area contributed by atoms with Crippen molar-refractivity contribution < 1.29 is 14.6 Å². The molecule has 1 rings (SSSR count). The average molecular weight is 266 g/mol. The van der Waals surface area contributed by atoms with Gasteiger partial charge in [0.25, 0.3) is 0 Å². The van der Waals surface area contributed by atoms with Crippen LogP contribution >= 0.6 is 0 Å². The molecule has 5 heteroatoms. The first-order valence-corrected chi connectivity index (χ1v) is 6.61. The minimum absolute atomic E-state index is 0.0413. The molecule has 1 unspecified atom stereocenters. The molecular weight excluding hydrogens is 244 g/mol. The predicted molar refractivity (Wildman–Crippen MR) is 73.2 cm³/mol. The van der Waals surface area contributed by atoms with Crippen molar-refractivity contribution in [2.45, 2.75) is 52.3 Å². The summed E-state index contributed by atoms with van der Waals surface area (Å²) in [6, 6.07) is 3.18. The lowest BCUT2D eigenvalue weighted by Gasteiger charge is -2.16. The molecule has 0 saturated carbocycles. The van der Waals surface area contributed by atoms with Crippen LogP contribution in [0.1, 0.15) is 39.2 Å². The van der Waals surface area contributed by atoms with Gasteiger partial charge >= 0.3 is 5.97 Å². The summed E-state index contributed by atoms with van der Waals surface area (Å²) in [4.78, 5) is 15.2. The van der Waals surface area contributed by atoms with Crippen LogP contribution in [0.5, 0.6) is 5.88 Å². The molecule has 1 aromatic heterocycles. The van der Waals surface area contributed by atoms with Crippen LogP contribution in [0.3, 0.4) is 0 Å². The lowest BCUT2D eigenvalue weighted by Crippen LogP contribution is -2.36. The number of aliphatic carboxylic acids is 1. The Morgan fingerprint density at radius 1 is 1.53 bits per heavy atom. The Kier molecular flexibility index (Phi) is 6.29. The van der Waals surface area contributed by atoms with Gasteiger partial charge in [-0.1, -0.05) is 19.4 Å². The van der Waals surface area contributed by atoms with E-state index >= 15 is 0 Å². The van der Waals surface area contributed by atoms with Crippen molar-refractivity contribution in [2.24, 2.45) is 0 Å². The fourth-order valence-corrected chi connectivity index (χ4v) is 1.72. The van der Waals surface area contributed by atoms with Crippen molar-refractivity contribution in [1.82, 2.24) is 10.3 Å². The normalized spacial score (nSPS) is 12.4. The second-order valence-electron chi connectivity index (χ2n) is 4.69. The molecule has 0 spiro atoms. The van der Waals surface area contributed by atoms with Gasteiger partial charge in [-0.2, -0.15) is 0 Å². The zero-order chi connectivity index (χ0) is 14.3. The van der Waals surface area contributed by atoms with Gasteiger partial charge in [-0.05, 0) is 26.3 Å². The molecule has 1 atom stereocenters. The quantitative estimate of drug-likeness (QED) is 0.755. The number of pyridine rings is 1. The fraction of sp³-hybridized carbons (Fsp3) is 0.571. The molecule has 2 N–H and O–H groups in total. The summed E-state index contributed by atoms with van der Waals surface area (Å²) in [7, 11) is 0. The molecule has 1 aromatic rings. The number of hydrogen-bond donors (Lipinski definition) is 2. The van der Waals surface area contributed by atoms with E-state index in [9.17, 15) is 4.79 Å². The molecule has 0 aromatic carbocycles. The highest BCUT2D eigenvalue weighted by molar-refractivity contribution is 5.73. The van der Waals surface area contributed by atoms with Crippen LogP contribution in [0.15, 0.2) is 18.3 Å². The number of carboxylic acids is 1. The van der Waals surface area contributed by atoms with Gasteiger partial charge in [0, 0.05) is 18.3 Å². The molecule has 0 radical (unpaired) electrons. The van der Waals surface area contributed by atoms with Crippen molar-refractivity contribution >= 4 is 5.97 Å². The standard InChI is InChI=1S/C14H22N2O3/c1-4-6-12(14(17)18)16-9-11-7-5-8-15-13(11)19-10(2)3/h5,7-8,10,12,16H,4,6,9H2,1-3H3,(H,17,18). The van der Waals surface area contributed by atoms with E-state index in [1.807, 2.05) is 32.9 Å². The third-order valence-corrected chi connectivity index (χ3v) is 2.61. The highest BCUT2D eigenvalue weighted by atomic mass is 16.5. The number of hydrogen-bond acceptors (Lipinski definition) is 4. The smallest absolute Gasteiger partial charge is 0.320 e. The molecule has 0 saturated heterocycles. The number of rotatable bonds is 8. The van der Waals surface area contributed by atoms with Crippen LogP contribution in [0, 0.1) is 0 Å². The van der Waals surface area contributed by atoms with Crippen LogP contribution < -0.4 is 10.1 Å². The van der Waals surface area contributed by atoms with E-state index < -0.39 is 12.0 Å².